The summed E-state index contributed by atoms with van der Waals surface area (Å²) in [5.41, 5.74) is 3.92. The fourth-order valence-corrected chi connectivity index (χ4v) is 3.47. The normalized spacial score (nSPS) is 22.8. The first-order valence-electron chi connectivity index (χ1n) is 5.97. The molecule has 1 aromatic carbocycles. The minimum absolute atomic E-state index is 0.758. The molecule has 2 aromatic rings. The lowest BCUT2D eigenvalue weighted by atomic mass is 9.89. The molecule has 88 valence electrons. The van der Waals surface area contributed by atoms with Gasteiger partial charge in [-0.05, 0) is 54.8 Å². The van der Waals surface area contributed by atoms with Gasteiger partial charge in [0.1, 0.15) is 5.60 Å². The summed E-state index contributed by atoms with van der Waals surface area (Å²) in [4.78, 5) is 1.26. The van der Waals surface area contributed by atoms with Gasteiger partial charge in [0.2, 0.25) is 0 Å². The van der Waals surface area contributed by atoms with Gasteiger partial charge in [-0.1, -0.05) is 23.8 Å². The smallest absolute Gasteiger partial charge is 0.116 e. The van der Waals surface area contributed by atoms with Gasteiger partial charge in [-0.2, -0.15) is 0 Å². The molecule has 0 amide bonds. The molecule has 17 heavy (non-hydrogen) atoms. The number of aliphatic hydroxyl groups is 1. The van der Waals surface area contributed by atoms with E-state index in [1.807, 2.05) is 0 Å². The van der Waals surface area contributed by atoms with Gasteiger partial charge in [0.05, 0.1) is 0 Å². The van der Waals surface area contributed by atoms with Crippen LogP contribution in [0.15, 0.2) is 29.6 Å². The van der Waals surface area contributed by atoms with Crippen LogP contribution in [0.1, 0.15) is 33.6 Å². The number of aryl methyl sites for hydroxylation is 3. The van der Waals surface area contributed by atoms with Crippen molar-refractivity contribution in [3.63, 3.8) is 0 Å². The Morgan fingerprint density at radius 2 is 2.06 bits per heavy atom. The predicted octanol–water partition coefficient (Wildman–Crippen LogP) is 3.55. The summed E-state index contributed by atoms with van der Waals surface area (Å²) in [5.74, 6) is 0. The number of hydrogen-bond donors (Lipinski definition) is 1. The number of thiophene rings is 1. The SMILES string of the molecule is Cc1ccc2c(c1)C(O)(c1csc(C)c1)CC2. The van der Waals surface area contributed by atoms with Crippen molar-refractivity contribution in [3.05, 3.63) is 56.8 Å². The minimum atomic E-state index is -0.758. The Morgan fingerprint density at radius 1 is 1.24 bits per heavy atom. The average Bonchev–Trinajstić information content (AvgIpc) is 2.86. The Hall–Kier alpha value is -1.12. The zero-order valence-electron chi connectivity index (χ0n) is 10.2. The number of benzene rings is 1. The Balaban J connectivity index is 2.16. The van der Waals surface area contributed by atoms with Crippen molar-refractivity contribution in [1.82, 2.24) is 0 Å². The van der Waals surface area contributed by atoms with E-state index in [9.17, 15) is 5.11 Å². The molecule has 1 aromatic heterocycles. The monoisotopic (exact) mass is 244 g/mol. The van der Waals surface area contributed by atoms with E-state index in [1.165, 1.54) is 16.0 Å². The molecule has 1 aliphatic carbocycles. The van der Waals surface area contributed by atoms with E-state index in [2.05, 4.69) is 43.5 Å². The van der Waals surface area contributed by atoms with E-state index in [1.54, 1.807) is 11.3 Å². The summed E-state index contributed by atoms with van der Waals surface area (Å²) < 4.78 is 0. The molecule has 1 aliphatic rings. The van der Waals surface area contributed by atoms with Crippen LogP contribution in [-0.4, -0.2) is 5.11 Å². The molecule has 2 heteroatoms. The fourth-order valence-electron chi connectivity index (χ4n) is 2.70. The molecular formula is C15H16OS. The molecule has 0 spiro atoms. The largest absolute Gasteiger partial charge is 0.380 e. The zero-order chi connectivity index (χ0) is 12.0. The van der Waals surface area contributed by atoms with Crippen molar-refractivity contribution >= 4 is 11.3 Å². The van der Waals surface area contributed by atoms with Crippen molar-refractivity contribution in [1.29, 1.82) is 0 Å². The Morgan fingerprint density at radius 3 is 2.76 bits per heavy atom. The number of hydrogen-bond acceptors (Lipinski definition) is 2. The maximum atomic E-state index is 11.0. The van der Waals surface area contributed by atoms with Crippen LogP contribution in [0, 0.1) is 13.8 Å². The molecule has 0 saturated carbocycles. The van der Waals surface area contributed by atoms with Gasteiger partial charge in [-0.3, -0.25) is 0 Å². The first kappa shape index (κ1) is 11.0. The van der Waals surface area contributed by atoms with Crippen molar-refractivity contribution in [3.8, 4) is 0 Å². The van der Waals surface area contributed by atoms with Crippen molar-refractivity contribution in [2.75, 3.05) is 0 Å². The maximum Gasteiger partial charge on any atom is 0.116 e. The van der Waals surface area contributed by atoms with Gasteiger partial charge in [0.15, 0.2) is 0 Å². The highest BCUT2D eigenvalue weighted by molar-refractivity contribution is 7.10. The summed E-state index contributed by atoms with van der Waals surface area (Å²) in [7, 11) is 0. The number of fused-ring (bicyclic) bond motifs is 1. The third-order valence-corrected chi connectivity index (χ3v) is 4.54. The predicted molar refractivity (Wildman–Crippen MR) is 71.6 cm³/mol. The molecule has 1 unspecified atom stereocenters. The second-order valence-corrected chi connectivity index (χ2v) is 6.08. The highest BCUT2D eigenvalue weighted by atomic mass is 32.1. The molecule has 0 saturated heterocycles. The summed E-state index contributed by atoms with van der Waals surface area (Å²) in [5, 5.41) is 13.0. The molecule has 0 aliphatic heterocycles. The highest BCUT2D eigenvalue weighted by Gasteiger charge is 2.38. The van der Waals surface area contributed by atoms with E-state index < -0.39 is 5.60 Å². The van der Waals surface area contributed by atoms with Crippen LogP contribution in [0.25, 0.3) is 0 Å². The summed E-state index contributed by atoms with van der Waals surface area (Å²) in [6.45, 7) is 4.17. The van der Waals surface area contributed by atoms with Gasteiger partial charge >= 0.3 is 0 Å². The molecule has 1 N–H and O–H groups in total. The Kier molecular flexibility index (Phi) is 2.39. The van der Waals surface area contributed by atoms with Crippen LogP contribution in [0.4, 0.5) is 0 Å². The van der Waals surface area contributed by atoms with Crippen LogP contribution in [-0.2, 0) is 12.0 Å². The van der Waals surface area contributed by atoms with E-state index in [-0.39, 0.29) is 0 Å². The van der Waals surface area contributed by atoms with Crippen molar-refractivity contribution in [2.45, 2.75) is 32.3 Å². The zero-order valence-corrected chi connectivity index (χ0v) is 11.0. The highest BCUT2D eigenvalue weighted by Crippen LogP contribution is 2.43. The van der Waals surface area contributed by atoms with Gasteiger partial charge < -0.3 is 5.11 Å². The summed E-state index contributed by atoms with van der Waals surface area (Å²) in [6, 6.07) is 8.53. The third kappa shape index (κ3) is 1.63. The lowest BCUT2D eigenvalue weighted by Gasteiger charge is -2.23. The van der Waals surface area contributed by atoms with Gasteiger partial charge in [-0.25, -0.2) is 0 Å². The lowest BCUT2D eigenvalue weighted by molar-refractivity contribution is 0.0833. The second-order valence-electron chi connectivity index (χ2n) is 4.97. The van der Waals surface area contributed by atoms with Crippen LogP contribution < -0.4 is 0 Å². The van der Waals surface area contributed by atoms with Gasteiger partial charge in [0.25, 0.3) is 0 Å². The first-order valence-corrected chi connectivity index (χ1v) is 6.85. The molecule has 1 atom stereocenters. The molecule has 1 heterocycles. The van der Waals surface area contributed by atoms with Crippen molar-refractivity contribution < 1.29 is 5.11 Å². The summed E-state index contributed by atoms with van der Waals surface area (Å²) in [6.07, 6.45) is 1.78. The Bertz CT molecular complexity index is 570. The van der Waals surface area contributed by atoms with Gasteiger partial charge in [0, 0.05) is 4.88 Å². The Labute approximate surface area is 106 Å². The fraction of sp³-hybridized carbons (Fsp3) is 0.333. The first-order chi connectivity index (χ1) is 8.09. The molecular weight excluding hydrogens is 228 g/mol. The quantitative estimate of drug-likeness (QED) is 0.813. The second kappa shape index (κ2) is 3.69. The van der Waals surface area contributed by atoms with Crippen LogP contribution in [0.2, 0.25) is 0 Å². The minimum Gasteiger partial charge on any atom is -0.380 e. The molecule has 0 fully saturated rings. The standard InChI is InChI=1S/C15H16OS/c1-10-3-4-12-5-6-15(16,14(12)7-10)13-8-11(2)17-9-13/h3-4,7-9,16H,5-6H2,1-2H3. The summed E-state index contributed by atoms with van der Waals surface area (Å²) >= 11 is 1.71. The van der Waals surface area contributed by atoms with Crippen LogP contribution in [0.5, 0.6) is 0 Å². The van der Waals surface area contributed by atoms with Gasteiger partial charge in [-0.15, -0.1) is 11.3 Å². The van der Waals surface area contributed by atoms with E-state index in [0.717, 1.165) is 24.0 Å². The van der Waals surface area contributed by atoms with E-state index in [0.29, 0.717) is 0 Å². The molecule has 1 nitrogen and oxygen atoms in total. The maximum absolute atomic E-state index is 11.0. The molecule has 3 rings (SSSR count). The topological polar surface area (TPSA) is 20.2 Å². The van der Waals surface area contributed by atoms with Crippen LogP contribution >= 0.6 is 11.3 Å². The average molecular weight is 244 g/mol. The van der Waals surface area contributed by atoms with Crippen LogP contribution in [0.3, 0.4) is 0 Å². The van der Waals surface area contributed by atoms with E-state index in [4.69, 9.17) is 0 Å². The van der Waals surface area contributed by atoms with Crippen molar-refractivity contribution in [2.24, 2.45) is 0 Å². The third-order valence-electron chi connectivity index (χ3n) is 3.68. The molecule has 0 radical (unpaired) electrons. The number of rotatable bonds is 1. The lowest BCUT2D eigenvalue weighted by Crippen LogP contribution is -2.23. The molecule has 0 bridgehead atoms. The van der Waals surface area contributed by atoms with E-state index >= 15 is 0 Å².